The standard InChI is InChI=1S/C20H23F3O3/c21-20(22,23)12-4-2-1-3-11-19(16-5-7-17(24)8-6-16)13-9-15(10-14-19)18(25)26/h5-10,13,24H,1-4,11-12,14H2,(H,25,26). The minimum Gasteiger partial charge on any atom is -0.508 e. The molecule has 0 bridgehead atoms. The molecule has 0 radical (unpaired) electrons. The van der Waals surface area contributed by atoms with Crippen LogP contribution in [0.25, 0.3) is 0 Å². The van der Waals surface area contributed by atoms with Gasteiger partial charge in [-0.05, 0) is 37.0 Å². The maximum Gasteiger partial charge on any atom is 0.389 e. The van der Waals surface area contributed by atoms with E-state index in [2.05, 4.69) is 0 Å². The lowest BCUT2D eigenvalue weighted by atomic mass is 9.71. The van der Waals surface area contributed by atoms with Crippen molar-refractivity contribution in [1.82, 2.24) is 0 Å². The zero-order valence-corrected chi connectivity index (χ0v) is 14.4. The van der Waals surface area contributed by atoms with Crippen LogP contribution in [0.3, 0.4) is 0 Å². The summed E-state index contributed by atoms with van der Waals surface area (Å²) in [6.45, 7) is 0. The molecule has 2 N–H and O–H groups in total. The van der Waals surface area contributed by atoms with Crippen molar-refractivity contribution in [3.63, 3.8) is 0 Å². The lowest BCUT2D eigenvalue weighted by Crippen LogP contribution is -2.25. The molecular formula is C20H23F3O3. The average Bonchev–Trinajstić information content (AvgIpc) is 2.58. The molecule has 0 spiro atoms. The predicted molar refractivity (Wildman–Crippen MR) is 93.0 cm³/mol. The molecule has 26 heavy (non-hydrogen) atoms. The highest BCUT2D eigenvalue weighted by atomic mass is 19.4. The number of allylic oxidation sites excluding steroid dienone is 2. The number of halogens is 3. The molecule has 1 aliphatic rings. The summed E-state index contributed by atoms with van der Waals surface area (Å²) < 4.78 is 36.6. The van der Waals surface area contributed by atoms with Crippen molar-refractivity contribution in [2.45, 2.75) is 56.5 Å². The van der Waals surface area contributed by atoms with E-state index in [-0.39, 0.29) is 17.7 Å². The molecule has 1 aromatic carbocycles. The van der Waals surface area contributed by atoms with Crippen molar-refractivity contribution in [2.24, 2.45) is 0 Å². The molecule has 0 fully saturated rings. The molecule has 1 unspecified atom stereocenters. The van der Waals surface area contributed by atoms with Crippen molar-refractivity contribution in [3.8, 4) is 5.75 Å². The van der Waals surface area contributed by atoms with Gasteiger partial charge in [-0.1, -0.05) is 49.6 Å². The number of aliphatic carboxylic acids is 1. The maximum absolute atomic E-state index is 12.2. The molecule has 0 amide bonds. The van der Waals surface area contributed by atoms with Gasteiger partial charge in [0.25, 0.3) is 0 Å². The first kappa shape index (κ1) is 20.1. The van der Waals surface area contributed by atoms with Crippen LogP contribution < -0.4 is 0 Å². The first-order valence-electron chi connectivity index (χ1n) is 8.71. The van der Waals surface area contributed by atoms with Crippen LogP contribution in [0, 0.1) is 0 Å². The Bertz CT molecular complexity index is 675. The number of carboxylic acid groups (broad SMARTS) is 1. The minimum absolute atomic E-state index is 0.134. The summed E-state index contributed by atoms with van der Waals surface area (Å²) in [7, 11) is 0. The zero-order valence-electron chi connectivity index (χ0n) is 14.4. The molecule has 2 rings (SSSR count). The van der Waals surface area contributed by atoms with Gasteiger partial charge in [-0.15, -0.1) is 0 Å². The Morgan fingerprint density at radius 2 is 1.73 bits per heavy atom. The smallest absolute Gasteiger partial charge is 0.389 e. The monoisotopic (exact) mass is 368 g/mol. The van der Waals surface area contributed by atoms with Gasteiger partial charge in [0, 0.05) is 11.8 Å². The normalized spacial score (nSPS) is 20.0. The molecule has 6 heteroatoms. The van der Waals surface area contributed by atoms with Crippen LogP contribution in [0.15, 0.2) is 48.1 Å². The van der Waals surface area contributed by atoms with E-state index in [0.717, 1.165) is 12.0 Å². The van der Waals surface area contributed by atoms with E-state index in [1.165, 1.54) is 0 Å². The summed E-state index contributed by atoms with van der Waals surface area (Å²) >= 11 is 0. The number of alkyl halides is 3. The van der Waals surface area contributed by atoms with Gasteiger partial charge in [0.05, 0.1) is 5.57 Å². The van der Waals surface area contributed by atoms with Crippen molar-refractivity contribution in [2.75, 3.05) is 0 Å². The van der Waals surface area contributed by atoms with E-state index >= 15 is 0 Å². The summed E-state index contributed by atoms with van der Waals surface area (Å²) in [6, 6.07) is 6.79. The van der Waals surface area contributed by atoms with Crippen molar-refractivity contribution < 1.29 is 28.2 Å². The van der Waals surface area contributed by atoms with Gasteiger partial charge in [0.2, 0.25) is 0 Å². The van der Waals surface area contributed by atoms with E-state index < -0.39 is 24.0 Å². The Labute approximate surface area is 150 Å². The SMILES string of the molecule is O=C(O)C1=CCC(CCCCCCC(F)(F)F)(c2ccc(O)cc2)C=C1. The van der Waals surface area contributed by atoms with Crippen molar-refractivity contribution in [3.05, 3.63) is 53.6 Å². The Balaban J connectivity index is 2.00. The van der Waals surface area contributed by atoms with E-state index in [0.29, 0.717) is 25.7 Å². The van der Waals surface area contributed by atoms with E-state index in [1.54, 1.807) is 24.3 Å². The van der Waals surface area contributed by atoms with Crippen LogP contribution in [0.4, 0.5) is 13.2 Å². The van der Waals surface area contributed by atoms with Crippen LogP contribution in [0.1, 0.15) is 50.5 Å². The number of rotatable bonds is 8. The first-order chi connectivity index (χ1) is 12.2. The highest BCUT2D eigenvalue weighted by Crippen LogP contribution is 2.39. The number of benzene rings is 1. The maximum atomic E-state index is 12.2. The van der Waals surface area contributed by atoms with Crippen LogP contribution in [-0.2, 0) is 10.2 Å². The summed E-state index contributed by atoms with van der Waals surface area (Å²) in [5.74, 6) is -0.828. The topological polar surface area (TPSA) is 57.5 Å². The van der Waals surface area contributed by atoms with Gasteiger partial charge in [-0.3, -0.25) is 0 Å². The predicted octanol–water partition coefficient (Wildman–Crippen LogP) is 5.50. The molecule has 1 atom stereocenters. The number of carbonyl (C=O) groups is 1. The lowest BCUT2D eigenvalue weighted by Gasteiger charge is -2.33. The fourth-order valence-corrected chi connectivity index (χ4v) is 3.29. The second-order valence-corrected chi connectivity index (χ2v) is 6.73. The van der Waals surface area contributed by atoms with Crippen LogP contribution in [0.5, 0.6) is 5.75 Å². The Kier molecular flexibility index (Phi) is 6.51. The first-order valence-corrected chi connectivity index (χ1v) is 8.71. The highest BCUT2D eigenvalue weighted by Gasteiger charge is 2.31. The van der Waals surface area contributed by atoms with Crippen LogP contribution in [-0.4, -0.2) is 22.4 Å². The zero-order chi connectivity index (χ0) is 19.2. The Morgan fingerprint density at radius 3 is 2.27 bits per heavy atom. The van der Waals surface area contributed by atoms with Crippen LogP contribution >= 0.6 is 0 Å². The lowest BCUT2D eigenvalue weighted by molar-refractivity contribution is -0.135. The Morgan fingerprint density at radius 1 is 1.08 bits per heavy atom. The van der Waals surface area contributed by atoms with Crippen molar-refractivity contribution >= 4 is 5.97 Å². The van der Waals surface area contributed by atoms with Gasteiger partial charge < -0.3 is 10.2 Å². The quantitative estimate of drug-likeness (QED) is 0.595. The number of phenols is 1. The molecule has 0 heterocycles. The number of hydrogen-bond donors (Lipinski definition) is 2. The summed E-state index contributed by atoms with van der Waals surface area (Å²) in [5.41, 5.74) is 0.809. The molecule has 142 valence electrons. The van der Waals surface area contributed by atoms with Gasteiger partial charge in [-0.2, -0.15) is 13.2 Å². The molecule has 0 aromatic heterocycles. The largest absolute Gasteiger partial charge is 0.508 e. The van der Waals surface area contributed by atoms with Crippen LogP contribution in [0.2, 0.25) is 0 Å². The third-order valence-corrected chi connectivity index (χ3v) is 4.79. The number of hydrogen-bond acceptors (Lipinski definition) is 2. The third-order valence-electron chi connectivity index (χ3n) is 4.79. The molecule has 0 aliphatic heterocycles. The number of carboxylic acids is 1. The fraction of sp³-hybridized carbons (Fsp3) is 0.450. The molecule has 3 nitrogen and oxygen atoms in total. The molecule has 1 aliphatic carbocycles. The third kappa shape index (κ3) is 5.64. The number of unbranched alkanes of at least 4 members (excludes halogenated alkanes) is 3. The Hall–Kier alpha value is -2.24. The van der Waals surface area contributed by atoms with Gasteiger partial charge in [0.1, 0.15) is 5.75 Å². The molecule has 0 saturated heterocycles. The minimum atomic E-state index is -4.10. The van der Waals surface area contributed by atoms with E-state index in [9.17, 15) is 23.1 Å². The van der Waals surface area contributed by atoms with E-state index in [1.807, 2.05) is 18.2 Å². The second-order valence-electron chi connectivity index (χ2n) is 6.73. The molecule has 0 saturated carbocycles. The van der Waals surface area contributed by atoms with E-state index in [4.69, 9.17) is 5.11 Å². The van der Waals surface area contributed by atoms with Gasteiger partial charge in [0.15, 0.2) is 0 Å². The van der Waals surface area contributed by atoms with Gasteiger partial charge in [-0.25, -0.2) is 4.79 Å². The number of aromatic hydroxyl groups is 1. The summed E-state index contributed by atoms with van der Waals surface area (Å²) in [6.07, 6.45) is 3.61. The summed E-state index contributed by atoms with van der Waals surface area (Å²) in [4.78, 5) is 11.1. The summed E-state index contributed by atoms with van der Waals surface area (Å²) in [5, 5.41) is 18.6. The average molecular weight is 368 g/mol. The highest BCUT2D eigenvalue weighted by molar-refractivity contribution is 5.90. The second kappa shape index (κ2) is 8.43. The molecule has 1 aromatic rings. The van der Waals surface area contributed by atoms with Crippen molar-refractivity contribution in [1.29, 1.82) is 0 Å². The fourth-order valence-electron chi connectivity index (χ4n) is 3.29. The van der Waals surface area contributed by atoms with Gasteiger partial charge >= 0.3 is 12.1 Å². The molecular weight excluding hydrogens is 345 g/mol. The number of phenolic OH excluding ortho intramolecular Hbond substituents is 1.